The molecule has 0 saturated heterocycles. The number of halogens is 1. The molecular formula is C17H20BrNO. The van der Waals surface area contributed by atoms with Crippen molar-refractivity contribution in [3.05, 3.63) is 63.6 Å². The second-order valence-corrected chi connectivity index (χ2v) is 5.79. The maximum absolute atomic E-state index is 5.41. The molecule has 0 aliphatic heterocycles. The highest BCUT2D eigenvalue weighted by Crippen LogP contribution is 2.25. The van der Waals surface area contributed by atoms with E-state index in [4.69, 9.17) is 4.74 Å². The van der Waals surface area contributed by atoms with Crippen LogP contribution in [0.1, 0.15) is 29.7 Å². The average molecular weight is 334 g/mol. The van der Waals surface area contributed by atoms with E-state index < -0.39 is 0 Å². The van der Waals surface area contributed by atoms with Gasteiger partial charge in [0.1, 0.15) is 5.75 Å². The summed E-state index contributed by atoms with van der Waals surface area (Å²) in [7, 11) is 1.71. The predicted octanol–water partition coefficient (Wildman–Crippen LogP) is 4.62. The Bertz CT molecular complexity index is 583. The van der Waals surface area contributed by atoms with Gasteiger partial charge in [0, 0.05) is 22.6 Å². The fourth-order valence-electron chi connectivity index (χ4n) is 2.19. The van der Waals surface area contributed by atoms with Crippen molar-refractivity contribution in [2.24, 2.45) is 0 Å². The van der Waals surface area contributed by atoms with Crippen LogP contribution >= 0.6 is 15.9 Å². The largest absolute Gasteiger partial charge is 0.496 e. The second-order valence-electron chi connectivity index (χ2n) is 4.94. The lowest BCUT2D eigenvalue weighted by atomic mass is 10.1. The molecule has 0 radical (unpaired) electrons. The maximum atomic E-state index is 5.41. The average Bonchev–Trinajstić information content (AvgIpc) is 2.46. The molecule has 2 rings (SSSR count). The zero-order chi connectivity index (χ0) is 14.5. The summed E-state index contributed by atoms with van der Waals surface area (Å²) >= 11 is 3.62. The first-order valence-electron chi connectivity index (χ1n) is 6.73. The summed E-state index contributed by atoms with van der Waals surface area (Å²) in [4.78, 5) is 0. The van der Waals surface area contributed by atoms with E-state index in [-0.39, 0.29) is 6.04 Å². The molecule has 2 aromatic carbocycles. The smallest absolute Gasteiger partial charge is 0.123 e. The second kappa shape index (κ2) is 6.91. The minimum absolute atomic E-state index is 0.236. The molecule has 0 spiro atoms. The van der Waals surface area contributed by atoms with Crippen molar-refractivity contribution in [2.75, 3.05) is 7.11 Å². The number of nitrogens with one attached hydrogen (secondary N) is 1. The molecule has 20 heavy (non-hydrogen) atoms. The minimum Gasteiger partial charge on any atom is -0.496 e. The Balaban J connectivity index is 2.06. The third kappa shape index (κ3) is 3.62. The molecule has 0 bridgehead atoms. The van der Waals surface area contributed by atoms with E-state index >= 15 is 0 Å². The van der Waals surface area contributed by atoms with Crippen molar-refractivity contribution in [1.82, 2.24) is 5.32 Å². The summed E-state index contributed by atoms with van der Waals surface area (Å²) in [5.41, 5.74) is 3.70. The van der Waals surface area contributed by atoms with Crippen LogP contribution in [-0.2, 0) is 6.54 Å². The molecule has 3 heteroatoms. The van der Waals surface area contributed by atoms with Gasteiger partial charge in [-0.15, -0.1) is 0 Å². The molecule has 2 nitrogen and oxygen atoms in total. The third-order valence-electron chi connectivity index (χ3n) is 3.41. The Morgan fingerprint density at radius 3 is 2.65 bits per heavy atom. The fourth-order valence-corrected chi connectivity index (χ4v) is 2.83. The number of hydrogen-bond acceptors (Lipinski definition) is 2. The first-order valence-corrected chi connectivity index (χ1v) is 7.52. The van der Waals surface area contributed by atoms with Gasteiger partial charge in [0.05, 0.1) is 7.11 Å². The van der Waals surface area contributed by atoms with Gasteiger partial charge in [0.2, 0.25) is 0 Å². The molecule has 0 aliphatic rings. The van der Waals surface area contributed by atoms with Crippen LogP contribution in [0, 0.1) is 6.92 Å². The SMILES string of the molecule is COc1ccccc1[C@H](C)NCc1ccc(C)cc1Br. The molecule has 106 valence electrons. The molecule has 1 N–H and O–H groups in total. The van der Waals surface area contributed by atoms with Crippen molar-refractivity contribution < 1.29 is 4.74 Å². The van der Waals surface area contributed by atoms with Crippen LogP contribution < -0.4 is 10.1 Å². The van der Waals surface area contributed by atoms with Gasteiger partial charge in [-0.25, -0.2) is 0 Å². The van der Waals surface area contributed by atoms with Gasteiger partial charge in [-0.05, 0) is 37.1 Å². The van der Waals surface area contributed by atoms with Gasteiger partial charge in [0.25, 0.3) is 0 Å². The van der Waals surface area contributed by atoms with Crippen LogP contribution in [0.25, 0.3) is 0 Å². The molecule has 0 saturated carbocycles. The normalized spacial score (nSPS) is 12.2. The molecule has 0 unspecified atom stereocenters. The van der Waals surface area contributed by atoms with Crippen LogP contribution in [0.5, 0.6) is 5.75 Å². The Hall–Kier alpha value is -1.32. The Kier molecular flexibility index (Phi) is 5.21. The molecule has 0 amide bonds. The Morgan fingerprint density at radius 1 is 1.20 bits per heavy atom. The Morgan fingerprint density at radius 2 is 1.95 bits per heavy atom. The lowest BCUT2D eigenvalue weighted by Gasteiger charge is -2.18. The van der Waals surface area contributed by atoms with E-state index in [1.54, 1.807) is 7.11 Å². The molecule has 0 heterocycles. The van der Waals surface area contributed by atoms with E-state index in [9.17, 15) is 0 Å². The quantitative estimate of drug-likeness (QED) is 0.862. The summed E-state index contributed by atoms with van der Waals surface area (Å²) in [5.74, 6) is 0.926. The van der Waals surface area contributed by atoms with E-state index in [2.05, 4.69) is 59.4 Å². The number of aryl methyl sites for hydroxylation is 1. The van der Waals surface area contributed by atoms with E-state index in [0.717, 1.165) is 16.8 Å². The molecule has 2 aromatic rings. The lowest BCUT2D eigenvalue weighted by molar-refractivity contribution is 0.401. The van der Waals surface area contributed by atoms with Crippen molar-refractivity contribution in [3.8, 4) is 5.75 Å². The van der Waals surface area contributed by atoms with Gasteiger partial charge in [-0.3, -0.25) is 0 Å². The molecule has 1 atom stereocenters. The molecule has 0 aromatic heterocycles. The van der Waals surface area contributed by atoms with Crippen molar-refractivity contribution in [2.45, 2.75) is 26.4 Å². The first-order chi connectivity index (χ1) is 9.61. The molecule has 0 fully saturated rings. The fraction of sp³-hybridized carbons (Fsp3) is 0.294. The van der Waals surface area contributed by atoms with Gasteiger partial charge in [0.15, 0.2) is 0 Å². The summed E-state index contributed by atoms with van der Waals surface area (Å²) in [6.07, 6.45) is 0. The van der Waals surface area contributed by atoms with Crippen molar-refractivity contribution >= 4 is 15.9 Å². The molecular weight excluding hydrogens is 314 g/mol. The number of ether oxygens (including phenoxy) is 1. The van der Waals surface area contributed by atoms with E-state index in [1.165, 1.54) is 16.7 Å². The van der Waals surface area contributed by atoms with Crippen LogP contribution in [-0.4, -0.2) is 7.11 Å². The van der Waals surface area contributed by atoms with Gasteiger partial charge in [-0.2, -0.15) is 0 Å². The van der Waals surface area contributed by atoms with E-state index in [0.29, 0.717) is 0 Å². The van der Waals surface area contributed by atoms with Crippen molar-refractivity contribution in [3.63, 3.8) is 0 Å². The number of para-hydroxylation sites is 1. The topological polar surface area (TPSA) is 21.3 Å². The standard InChI is InChI=1S/C17H20BrNO/c1-12-8-9-14(16(18)10-12)11-19-13(2)15-6-4-5-7-17(15)20-3/h4-10,13,19H,11H2,1-3H3/t13-/m0/s1. The summed E-state index contributed by atoms with van der Waals surface area (Å²) in [6.45, 7) is 5.07. The summed E-state index contributed by atoms with van der Waals surface area (Å²) in [6, 6.07) is 14.8. The Labute approximate surface area is 129 Å². The number of rotatable bonds is 5. The van der Waals surface area contributed by atoms with Crippen molar-refractivity contribution in [1.29, 1.82) is 0 Å². The monoisotopic (exact) mass is 333 g/mol. The van der Waals surface area contributed by atoms with Crippen LogP contribution in [0.15, 0.2) is 46.9 Å². The van der Waals surface area contributed by atoms with Gasteiger partial charge < -0.3 is 10.1 Å². The number of hydrogen-bond donors (Lipinski definition) is 1. The van der Waals surface area contributed by atoms with Crippen LogP contribution in [0.4, 0.5) is 0 Å². The highest BCUT2D eigenvalue weighted by molar-refractivity contribution is 9.10. The zero-order valence-corrected chi connectivity index (χ0v) is 13.7. The lowest BCUT2D eigenvalue weighted by Crippen LogP contribution is -2.19. The summed E-state index contributed by atoms with van der Waals surface area (Å²) in [5, 5.41) is 3.54. The highest BCUT2D eigenvalue weighted by Gasteiger charge is 2.10. The van der Waals surface area contributed by atoms with Gasteiger partial charge in [-0.1, -0.05) is 46.3 Å². The maximum Gasteiger partial charge on any atom is 0.123 e. The number of methoxy groups -OCH3 is 1. The molecule has 0 aliphatic carbocycles. The first kappa shape index (κ1) is 15.1. The summed E-state index contributed by atoms with van der Waals surface area (Å²) < 4.78 is 6.56. The minimum atomic E-state index is 0.236. The van der Waals surface area contributed by atoms with Crippen LogP contribution in [0.2, 0.25) is 0 Å². The zero-order valence-electron chi connectivity index (χ0n) is 12.1. The van der Waals surface area contributed by atoms with Crippen LogP contribution in [0.3, 0.4) is 0 Å². The van der Waals surface area contributed by atoms with E-state index in [1.807, 2.05) is 18.2 Å². The number of benzene rings is 2. The van der Waals surface area contributed by atoms with Gasteiger partial charge >= 0.3 is 0 Å². The highest BCUT2D eigenvalue weighted by atomic mass is 79.9. The predicted molar refractivity (Wildman–Crippen MR) is 87.1 cm³/mol. The third-order valence-corrected chi connectivity index (χ3v) is 4.15.